The van der Waals surface area contributed by atoms with Crippen molar-refractivity contribution in [1.82, 2.24) is 15.3 Å². The van der Waals surface area contributed by atoms with Gasteiger partial charge in [-0.2, -0.15) is 0 Å². The SMILES string of the molecule is C=C(/C=C(/C)NCC)Nc1nc(-c2ccccc2)nc(C)c1C. The highest BCUT2D eigenvalue weighted by atomic mass is 15.0. The van der Waals surface area contributed by atoms with Gasteiger partial charge in [-0.05, 0) is 33.8 Å². The fourth-order valence-corrected chi connectivity index (χ4v) is 2.25. The number of anilines is 1. The lowest BCUT2D eigenvalue weighted by Crippen LogP contribution is -2.11. The normalized spacial score (nSPS) is 11.2. The number of aromatic nitrogens is 2. The first-order valence-electron chi connectivity index (χ1n) is 7.80. The van der Waals surface area contributed by atoms with Crippen LogP contribution >= 0.6 is 0 Å². The van der Waals surface area contributed by atoms with Crippen molar-refractivity contribution in [2.75, 3.05) is 11.9 Å². The van der Waals surface area contributed by atoms with Crippen LogP contribution in [0.2, 0.25) is 0 Å². The first kappa shape index (κ1) is 16.7. The molecule has 2 rings (SSSR count). The summed E-state index contributed by atoms with van der Waals surface area (Å²) in [6, 6.07) is 9.99. The lowest BCUT2D eigenvalue weighted by Gasteiger charge is -2.13. The Balaban J connectivity index is 2.30. The van der Waals surface area contributed by atoms with Crippen LogP contribution < -0.4 is 10.6 Å². The summed E-state index contributed by atoms with van der Waals surface area (Å²) in [5, 5.41) is 6.54. The van der Waals surface area contributed by atoms with Crippen LogP contribution in [-0.4, -0.2) is 16.5 Å². The highest BCUT2D eigenvalue weighted by molar-refractivity contribution is 5.61. The molecule has 0 atom stereocenters. The number of benzene rings is 1. The van der Waals surface area contributed by atoms with Crippen molar-refractivity contribution in [3.63, 3.8) is 0 Å². The summed E-state index contributed by atoms with van der Waals surface area (Å²) >= 11 is 0. The maximum Gasteiger partial charge on any atom is 0.161 e. The van der Waals surface area contributed by atoms with Gasteiger partial charge in [0.25, 0.3) is 0 Å². The molecule has 0 aliphatic carbocycles. The Morgan fingerprint density at radius 1 is 1.17 bits per heavy atom. The molecule has 120 valence electrons. The third-order valence-corrected chi connectivity index (χ3v) is 3.55. The number of rotatable bonds is 6. The van der Waals surface area contributed by atoms with Gasteiger partial charge in [-0.1, -0.05) is 36.9 Å². The van der Waals surface area contributed by atoms with Gasteiger partial charge in [-0.15, -0.1) is 0 Å². The van der Waals surface area contributed by atoms with Gasteiger partial charge in [-0.3, -0.25) is 0 Å². The van der Waals surface area contributed by atoms with E-state index in [9.17, 15) is 0 Å². The quantitative estimate of drug-likeness (QED) is 0.785. The minimum atomic E-state index is 0.719. The molecule has 0 radical (unpaired) electrons. The van der Waals surface area contributed by atoms with Gasteiger partial charge in [0.2, 0.25) is 0 Å². The van der Waals surface area contributed by atoms with E-state index in [1.807, 2.05) is 57.2 Å². The van der Waals surface area contributed by atoms with Crippen molar-refractivity contribution >= 4 is 5.82 Å². The van der Waals surface area contributed by atoms with E-state index in [-0.39, 0.29) is 0 Å². The van der Waals surface area contributed by atoms with Gasteiger partial charge in [0.05, 0.1) is 0 Å². The molecule has 1 aromatic carbocycles. The molecule has 0 spiro atoms. The van der Waals surface area contributed by atoms with Crippen molar-refractivity contribution in [3.8, 4) is 11.4 Å². The Hall–Kier alpha value is -2.62. The summed E-state index contributed by atoms with van der Waals surface area (Å²) in [6.07, 6.45) is 1.97. The molecule has 1 heterocycles. The first-order chi connectivity index (χ1) is 11.0. The molecule has 23 heavy (non-hydrogen) atoms. The van der Waals surface area contributed by atoms with E-state index in [1.165, 1.54) is 0 Å². The number of nitrogens with zero attached hydrogens (tertiary/aromatic N) is 2. The van der Waals surface area contributed by atoms with E-state index in [2.05, 4.69) is 34.1 Å². The Morgan fingerprint density at radius 3 is 2.52 bits per heavy atom. The zero-order valence-corrected chi connectivity index (χ0v) is 14.3. The smallest absolute Gasteiger partial charge is 0.161 e. The molecule has 1 aromatic heterocycles. The molecule has 0 amide bonds. The monoisotopic (exact) mass is 308 g/mol. The predicted molar refractivity (Wildman–Crippen MR) is 97.1 cm³/mol. The number of hydrogen-bond acceptors (Lipinski definition) is 4. The van der Waals surface area contributed by atoms with Crippen LogP contribution in [0.1, 0.15) is 25.1 Å². The summed E-state index contributed by atoms with van der Waals surface area (Å²) in [6.45, 7) is 13.0. The molecule has 4 heteroatoms. The average molecular weight is 308 g/mol. The molecular formula is C19H24N4. The van der Waals surface area contributed by atoms with Crippen LogP contribution in [0.3, 0.4) is 0 Å². The third-order valence-electron chi connectivity index (χ3n) is 3.55. The van der Waals surface area contributed by atoms with Crippen molar-refractivity contribution < 1.29 is 0 Å². The lowest BCUT2D eigenvalue weighted by molar-refractivity contribution is 0.853. The highest BCUT2D eigenvalue weighted by Gasteiger charge is 2.09. The van der Waals surface area contributed by atoms with E-state index in [1.54, 1.807) is 0 Å². The maximum absolute atomic E-state index is 4.66. The van der Waals surface area contributed by atoms with Crippen LogP contribution in [0.5, 0.6) is 0 Å². The Bertz CT molecular complexity index is 718. The summed E-state index contributed by atoms with van der Waals surface area (Å²) in [5.41, 5.74) is 4.85. The molecule has 0 saturated heterocycles. The summed E-state index contributed by atoms with van der Waals surface area (Å²) in [7, 11) is 0. The minimum Gasteiger partial charge on any atom is -0.389 e. The molecule has 0 aliphatic heterocycles. The van der Waals surface area contributed by atoms with Gasteiger partial charge >= 0.3 is 0 Å². The number of allylic oxidation sites excluding steroid dienone is 2. The lowest BCUT2D eigenvalue weighted by atomic mass is 10.2. The van der Waals surface area contributed by atoms with Gasteiger partial charge in [0.15, 0.2) is 5.82 Å². The number of aryl methyl sites for hydroxylation is 1. The molecule has 0 fully saturated rings. The van der Waals surface area contributed by atoms with E-state index >= 15 is 0 Å². The van der Waals surface area contributed by atoms with Crippen molar-refractivity contribution in [1.29, 1.82) is 0 Å². The Labute approximate surface area is 138 Å². The van der Waals surface area contributed by atoms with Gasteiger partial charge in [0.1, 0.15) is 5.82 Å². The standard InChI is InChI=1S/C19H24N4/c1-6-20-13(2)12-14(3)21-18-15(4)16(5)22-19(23-18)17-10-8-7-9-11-17/h7-12,20H,3,6H2,1-2,4-5H3,(H,21,22,23)/b13-12-. The van der Waals surface area contributed by atoms with Gasteiger partial charge in [0, 0.05) is 34.8 Å². The van der Waals surface area contributed by atoms with Crippen LogP contribution in [0, 0.1) is 13.8 Å². The van der Waals surface area contributed by atoms with Crippen molar-refractivity contribution in [2.45, 2.75) is 27.7 Å². The molecule has 2 N–H and O–H groups in total. The predicted octanol–water partition coefficient (Wildman–Crippen LogP) is 4.20. The fraction of sp³-hybridized carbons (Fsp3) is 0.263. The maximum atomic E-state index is 4.66. The number of nitrogens with one attached hydrogen (secondary N) is 2. The average Bonchev–Trinajstić information content (AvgIpc) is 2.52. The molecule has 2 aromatic rings. The Kier molecular flexibility index (Phi) is 5.52. The van der Waals surface area contributed by atoms with Crippen molar-refractivity contribution in [3.05, 3.63) is 65.6 Å². The van der Waals surface area contributed by atoms with E-state index in [0.29, 0.717) is 0 Å². The molecule has 0 bridgehead atoms. The van der Waals surface area contributed by atoms with E-state index in [4.69, 9.17) is 0 Å². The van der Waals surface area contributed by atoms with Gasteiger partial charge in [-0.25, -0.2) is 9.97 Å². The first-order valence-corrected chi connectivity index (χ1v) is 7.80. The third kappa shape index (κ3) is 4.42. The fourth-order valence-electron chi connectivity index (χ4n) is 2.25. The van der Waals surface area contributed by atoms with Crippen LogP contribution in [0.25, 0.3) is 11.4 Å². The number of hydrogen-bond donors (Lipinski definition) is 2. The second kappa shape index (κ2) is 7.58. The minimum absolute atomic E-state index is 0.719. The van der Waals surface area contributed by atoms with Crippen LogP contribution in [0.15, 0.2) is 54.4 Å². The zero-order valence-electron chi connectivity index (χ0n) is 14.3. The molecule has 0 unspecified atom stereocenters. The second-order valence-electron chi connectivity index (χ2n) is 5.48. The zero-order chi connectivity index (χ0) is 16.8. The molecular weight excluding hydrogens is 284 g/mol. The summed E-state index contributed by atoms with van der Waals surface area (Å²) in [5.74, 6) is 1.51. The molecule has 4 nitrogen and oxygen atoms in total. The van der Waals surface area contributed by atoms with E-state index < -0.39 is 0 Å². The summed E-state index contributed by atoms with van der Waals surface area (Å²) in [4.78, 5) is 9.26. The Morgan fingerprint density at radius 2 is 1.87 bits per heavy atom. The van der Waals surface area contributed by atoms with Crippen molar-refractivity contribution in [2.24, 2.45) is 0 Å². The van der Waals surface area contributed by atoms with Crippen LogP contribution in [-0.2, 0) is 0 Å². The second-order valence-corrected chi connectivity index (χ2v) is 5.48. The topological polar surface area (TPSA) is 49.8 Å². The molecule has 0 saturated carbocycles. The largest absolute Gasteiger partial charge is 0.389 e. The highest BCUT2D eigenvalue weighted by Crippen LogP contribution is 2.22. The van der Waals surface area contributed by atoms with Gasteiger partial charge < -0.3 is 10.6 Å². The summed E-state index contributed by atoms with van der Waals surface area (Å²) < 4.78 is 0. The van der Waals surface area contributed by atoms with E-state index in [0.717, 1.165) is 46.4 Å². The van der Waals surface area contributed by atoms with Crippen LogP contribution in [0.4, 0.5) is 5.82 Å². The molecule has 0 aliphatic rings.